The van der Waals surface area contributed by atoms with Crippen molar-refractivity contribution in [3.63, 3.8) is 0 Å². The Bertz CT molecular complexity index is 610. The standard InChI is InChI=1S/C16H21FN4O3/c1-11(22)19-8-14-9-21(16(23)24-14)13-4-2-12(3-5-13)20-7-6-18-15(17)10-20/h2-5,14-15,18H,6-10H2,1H3,(H,19,22)/t14-,15+/m0/s1. The third kappa shape index (κ3) is 3.76. The molecule has 2 heterocycles. The number of amides is 2. The third-order valence-electron chi connectivity index (χ3n) is 4.11. The molecule has 0 bridgehead atoms. The van der Waals surface area contributed by atoms with Crippen LogP contribution in [0.2, 0.25) is 0 Å². The molecular weight excluding hydrogens is 315 g/mol. The number of carbonyl (C=O) groups is 2. The predicted molar refractivity (Wildman–Crippen MR) is 87.9 cm³/mol. The molecule has 24 heavy (non-hydrogen) atoms. The molecule has 2 aliphatic rings. The minimum atomic E-state index is -1.03. The molecule has 2 N–H and O–H groups in total. The van der Waals surface area contributed by atoms with Crippen LogP contribution in [0, 0.1) is 0 Å². The van der Waals surface area contributed by atoms with Crippen LogP contribution < -0.4 is 20.4 Å². The molecule has 2 saturated heterocycles. The molecule has 0 saturated carbocycles. The molecule has 1 aromatic rings. The maximum Gasteiger partial charge on any atom is 0.414 e. The number of halogens is 1. The summed E-state index contributed by atoms with van der Waals surface area (Å²) in [4.78, 5) is 26.4. The molecule has 2 amide bonds. The summed E-state index contributed by atoms with van der Waals surface area (Å²) in [6.45, 7) is 3.76. The molecule has 0 aromatic heterocycles. The van der Waals surface area contributed by atoms with Crippen LogP contribution in [0.3, 0.4) is 0 Å². The van der Waals surface area contributed by atoms with Gasteiger partial charge < -0.3 is 15.0 Å². The van der Waals surface area contributed by atoms with Crippen molar-refractivity contribution in [2.45, 2.75) is 19.3 Å². The zero-order chi connectivity index (χ0) is 17.1. The summed E-state index contributed by atoms with van der Waals surface area (Å²) in [7, 11) is 0. The molecule has 0 radical (unpaired) electrons. The lowest BCUT2D eigenvalue weighted by molar-refractivity contribution is -0.119. The molecule has 0 aliphatic carbocycles. The minimum absolute atomic E-state index is 0.156. The van der Waals surface area contributed by atoms with Crippen LogP contribution in [-0.2, 0) is 9.53 Å². The van der Waals surface area contributed by atoms with Gasteiger partial charge in [-0.1, -0.05) is 0 Å². The average Bonchev–Trinajstić information content (AvgIpc) is 2.94. The lowest BCUT2D eigenvalue weighted by Crippen LogP contribution is -2.48. The summed E-state index contributed by atoms with van der Waals surface area (Å²) in [5.41, 5.74) is 1.64. The predicted octanol–water partition coefficient (Wildman–Crippen LogP) is 0.853. The Balaban J connectivity index is 1.63. The summed E-state index contributed by atoms with van der Waals surface area (Å²) < 4.78 is 18.7. The lowest BCUT2D eigenvalue weighted by atomic mass is 10.2. The summed E-state index contributed by atoms with van der Waals surface area (Å²) in [6.07, 6.45) is -1.81. The van der Waals surface area contributed by atoms with Crippen LogP contribution in [-0.4, -0.2) is 57.1 Å². The second kappa shape index (κ2) is 7.04. The van der Waals surface area contributed by atoms with Crippen molar-refractivity contribution in [2.75, 3.05) is 42.5 Å². The Hall–Kier alpha value is -2.35. The van der Waals surface area contributed by atoms with Gasteiger partial charge in [-0.05, 0) is 24.3 Å². The van der Waals surface area contributed by atoms with Crippen molar-refractivity contribution in [3.8, 4) is 0 Å². The first-order valence-electron chi connectivity index (χ1n) is 7.98. The number of nitrogens with zero attached hydrogens (tertiary/aromatic N) is 2. The van der Waals surface area contributed by atoms with Crippen molar-refractivity contribution in [1.82, 2.24) is 10.6 Å². The normalized spacial score (nSPS) is 24.0. The van der Waals surface area contributed by atoms with Gasteiger partial charge in [0.15, 0.2) is 6.30 Å². The van der Waals surface area contributed by atoms with Gasteiger partial charge in [-0.15, -0.1) is 0 Å². The van der Waals surface area contributed by atoms with E-state index < -0.39 is 12.4 Å². The fourth-order valence-electron chi connectivity index (χ4n) is 2.88. The lowest BCUT2D eigenvalue weighted by Gasteiger charge is -2.31. The van der Waals surface area contributed by atoms with Crippen molar-refractivity contribution in [3.05, 3.63) is 24.3 Å². The summed E-state index contributed by atoms with van der Waals surface area (Å²) in [5.74, 6) is -0.156. The highest BCUT2D eigenvalue weighted by Gasteiger charge is 2.32. The number of rotatable bonds is 4. The van der Waals surface area contributed by atoms with Gasteiger partial charge >= 0.3 is 6.09 Å². The fourth-order valence-corrected chi connectivity index (χ4v) is 2.88. The molecule has 1 aromatic carbocycles. The number of hydrogen-bond donors (Lipinski definition) is 2. The number of cyclic esters (lactones) is 1. The van der Waals surface area contributed by atoms with Gasteiger partial charge in [0.05, 0.1) is 19.6 Å². The van der Waals surface area contributed by atoms with E-state index in [1.807, 2.05) is 29.2 Å². The van der Waals surface area contributed by atoms with Crippen molar-refractivity contribution in [1.29, 1.82) is 0 Å². The molecule has 0 unspecified atom stereocenters. The average molecular weight is 336 g/mol. The Morgan fingerprint density at radius 1 is 1.33 bits per heavy atom. The van der Waals surface area contributed by atoms with E-state index in [4.69, 9.17) is 4.74 Å². The fraction of sp³-hybridized carbons (Fsp3) is 0.500. The van der Waals surface area contributed by atoms with Crippen molar-refractivity contribution < 1.29 is 18.7 Å². The van der Waals surface area contributed by atoms with Crippen LogP contribution in [0.15, 0.2) is 24.3 Å². The minimum Gasteiger partial charge on any atom is -0.442 e. The zero-order valence-corrected chi connectivity index (χ0v) is 13.5. The van der Waals surface area contributed by atoms with Gasteiger partial charge in [-0.25, -0.2) is 9.18 Å². The molecule has 2 fully saturated rings. The third-order valence-corrected chi connectivity index (χ3v) is 4.11. The Labute approximate surface area is 139 Å². The first-order valence-corrected chi connectivity index (χ1v) is 7.98. The second-order valence-corrected chi connectivity index (χ2v) is 5.94. The van der Waals surface area contributed by atoms with Gasteiger partial charge in [0.2, 0.25) is 5.91 Å². The molecule has 2 aliphatic heterocycles. The summed E-state index contributed by atoms with van der Waals surface area (Å²) >= 11 is 0. The van der Waals surface area contributed by atoms with E-state index in [2.05, 4.69) is 10.6 Å². The van der Waals surface area contributed by atoms with Crippen LogP contribution in [0.5, 0.6) is 0 Å². The van der Waals surface area contributed by atoms with Gasteiger partial charge in [0.25, 0.3) is 0 Å². The van der Waals surface area contributed by atoms with Crippen molar-refractivity contribution in [2.24, 2.45) is 0 Å². The van der Waals surface area contributed by atoms with Crippen LogP contribution >= 0.6 is 0 Å². The van der Waals surface area contributed by atoms with Crippen molar-refractivity contribution >= 4 is 23.4 Å². The zero-order valence-electron chi connectivity index (χ0n) is 13.5. The van der Waals surface area contributed by atoms with E-state index in [-0.39, 0.29) is 12.0 Å². The molecule has 8 heteroatoms. The molecule has 2 atom stereocenters. The number of piperazine rings is 1. The number of anilines is 2. The summed E-state index contributed by atoms with van der Waals surface area (Å²) in [5, 5.41) is 5.41. The van der Waals surface area contributed by atoms with Crippen LogP contribution in [0.4, 0.5) is 20.6 Å². The van der Waals surface area contributed by atoms with Crippen LogP contribution in [0.1, 0.15) is 6.92 Å². The molecule has 130 valence electrons. The van der Waals surface area contributed by atoms with E-state index in [9.17, 15) is 14.0 Å². The van der Waals surface area contributed by atoms with E-state index in [0.29, 0.717) is 26.2 Å². The number of hydrogen-bond acceptors (Lipinski definition) is 5. The second-order valence-electron chi connectivity index (χ2n) is 5.94. The quantitative estimate of drug-likeness (QED) is 0.798. The largest absolute Gasteiger partial charge is 0.442 e. The number of ether oxygens (including phenoxy) is 1. The Kier molecular flexibility index (Phi) is 4.84. The number of alkyl halides is 1. The first-order chi connectivity index (χ1) is 11.5. The smallest absolute Gasteiger partial charge is 0.414 e. The number of nitrogens with one attached hydrogen (secondary N) is 2. The Morgan fingerprint density at radius 3 is 2.71 bits per heavy atom. The number of carbonyl (C=O) groups excluding carboxylic acids is 2. The Morgan fingerprint density at radius 2 is 2.04 bits per heavy atom. The maximum atomic E-state index is 13.4. The van der Waals surface area contributed by atoms with Gasteiger partial charge in [0.1, 0.15) is 6.10 Å². The van der Waals surface area contributed by atoms with E-state index in [0.717, 1.165) is 17.9 Å². The highest BCUT2D eigenvalue weighted by molar-refractivity contribution is 5.90. The topological polar surface area (TPSA) is 73.9 Å². The summed E-state index contributed by atoms with van der Waals surface area (Å²) in [6, 6.07) is 7.41. The maximum absolute atomic E-state index is 13.4. The monoisotopic (exact) mass is 336 g/mol. The van der Waals surface area contributed by atoms with E-state index in [1.165, 1.54) is 11.8 Å². The van der Waals surface area contributed by atoms with E-state index >= 15 is 0 Å². The van der Waals surface area contributed by atoms with Gasteiger partial charge in [0, 0.05) is 31.4 Å². The van der Waals surface area contributed by atoms with E-state index in [1.54, 1.807) is 0 Å². The first kappa shape index (κ1) is 16.5. The highest BCUT2D eigenvalue weighted by atomic mass is 19.1. The number of benzene rings is 1. The molecular formula is C16H21FN4O3. The molecule has 0 spiro atoms. The van der Waals surface area contributed by atoms with Gasteiger partial charge in [-0.2, -0.15) is 0 Å². The SMILES string of the molecule is CC(=O)NC[C@H]1CN(c2ccc(N3CCN[C@@H](F)C3)cc2)C(=O)O1. The molecule has 3 rings (SSSR count). The highest BCUT2D eigenvalue weighted by Crippen LogP contribution is 2.25. The molecule has 7 nitrogen and oxygen atoms in total. The van der Waals surface area contributed by atoms with Gasteiger partial charge in [-0.3, -0.25) is 15.0 Å². The van der Waals surface area contributed by atoms with Crippen LogP contribution in [0.25, 0.3) is 0 Å².